The zero-order valence-corrected chi connectivity index (χ0v) is 9.20. The van der Waals surface area contributed by atoms with Gasteiger partial charge in [0, 0.05) is 0 Å². The Labute approximate surface area is 101 Å². The van der Waals surface area contributed by atoms with Crippen LogP contribution < -0.4 is 11.3 Å². The minimum absolute atomic E-state index is 0.399. The highest BCUT2D eigenvalue weighted by Crippen LogP contribution is 2.21. The third-order valence-corrected chi connectivity index (χ3v) is 2.49. The first-order chi connectivity index (χ1) is 8.61. The molecule has 3 N–H and O–H groups in total. The number of nitrogens with two attached hydrogens (primary N) is 1. The Kier molecular flexibility index (Phi) is 3.59. The number of hydrogen-bond donors (Lipinski definition) is 2. The highest BCUT2D eigenvalue weighted by Gasteiger charge is 2.15. The van der Waals surface area contributed by atoms with Crippen LogP contribution in [0.5, 0.6) is 0 Å². The van der Waals surface area contributed by atoms with Gasteiger partial charge < -0.3 is 0 Å². The number of aromatic nitrogens is 1. The lowest BCUT2D eigenvalue weighted by atomic mass is 10.0. The number of hydrogen-bond acceptors (Lipinski definition) is 3. The van der Waals surface area contributed by atoms with Crippen molar-refractivity contribution in [2.75, 3.05) is 0 Å². The molecule has 18 heavy (non-hydrogen) atoms. The summed E-state index contributed by atoms with van der Waals surface area (Å²) in [6.45, 7) is 0. The molecule has 94 valence electrons. The van der Waals surface area contributed by atoms with E-state index in [1.54, 1.807) is 0 Å². The smallest absolute Gasteiger partial charge is 0.159 e. The molecule has 0 saturated heterocycles. The molecule has 0 spiro atoms. The fourth-order valence-electron chi connectivity index (χ4n) is 1.60. The van der Waals surface area contributed by atoms with Crippen LogP contribution in [0.2, 0.25) is 0 Å². The molecule has 3 nitrogen and oxygen atoms in total. The maximum Gasteiger partial charge on any atom is 0.159 e. The molecule has 6 heteroatoms. The number of nitrogens with zero attached hydrogens (tertiary/aromatic N) is 1. The quantitative estimate of drug-likeness (QED) is 0.650. The minimum Gasteiger partial charge on any atom is -0.271 e. The molecule has 1 aromatic heterocycles. The summed E-state index contributed by atoms with van der Waals surface area (Å²) >= 11 is 0. The fraction of sp³-hybridized carbons (Fsp3) is 0.0833. The summed E-state index contributed by atoms with van der Waals surface area (Å²) in [5.74, 6) is 2.96. The first-order valence-electron chi connectivity index (χ1n) is 5.14. The van der Waals surface area contributed by atoms with Gasteiger partial charge in [0.1, 0.15) is 5.82 Å². The lowest BCUT2D eigenvalue weighted by Crippen LogP contribution is -2.29. The molecule has 0 fully saturated rings. The van der Waals surface area contributed by atoms with Gasteiger partial charge in [-0.15, -0.1) is 0 Å². The van der Waals surface area contributed by atoms with E-state index in [0.717, 1.165) is 18.3 Å². The summed E-state index contributed by atoms with van der Waals surface area (Å²) in [7, 11) is 0. The Morgan fingerprint density at radius 2 is 1.83 bits per heavy atom. The Bertz CT molecular complexity index is 543. The number of benzene rings is 1. The number of hydrazine groups is 1. The van der Waals surface area contributed by atoms with Gasteiger partial charge in [-0.05, 0) is 29.8 Å². The number of pyridine rings is 1. The van der Waals surface area contributed by atoms with Gasteiger partial charge >= 0.3 is 0 Å². The average Bonchev–Trinajstić information content (AvgIpc) is 2.37. The Morgan fingerprint density at radius 3 is 2.39 bits per heavy atom. The van der Waals surface area contributed by atoms with Crippen molar-refractivity contribution in [2.45, 2.75) is 6.04 Å². The molecule has 1 aromatic carbocycles. The van der Waals surface area contributed by atoms with E-state index in [9.17, 15) is 13.2 Å². The van der Waals surface area contributed by atoms with Crippen LogP contribution in [-0.2, 0) is 0 Å². The summed E-state index contributed by atoms with van der Waals surface area (Å²) in [5, 5.41) is 0. The second kappa shape index (κ2) is 5.16. The maximum absolute atomic E-state index is 13.1. The molecule has 0 radical (unpaired) electrons. The second-order valence-corrected chi connectivity index (χ2v) is 3.67. The van der Waals surface area contributed by atoms with Crippen molar-refractivity contribution in [1.82, 2.24) is 10.4 Å². The van der Waals surface area contributed by atoms with Gasteiger partial charge in [-0.1, -0.05) is 6.07 Å². The predicted molar refractivity (Wildman–Crippen MR) is 59.7 cm³/mol. The molecule has 0 bridgehead atoms. The maximum atomic E-state index is 13.1. The first kappa shape index (κ1) is 12.5. The van der Waals surface area contributed by atoms with Crippen molar-refractivity contribution in [3.63, 3.8) is 0 Å². The topological polar surface area (TPSA) is 50.9 Å². The van der Waals surface area contributed by atoms with E-state index in [1.807, 2.05) is 0 Å². The lowest BCUT2D eigenvalue weighted by Gasteiger charge is -2.15. The van der Waals surface area contributed by atoms with E-state index in [1.165, 1.54) is 18.2 Å². The van der Waals surface area contributed by atoms with Crippen LogP contribution in [0.1, 0.15) is 17.3 Å². The Balaban J connectivity index is 2.38. The van der Waals surface area contributed by atoms with E-state index < -0.39 is 23.5 Å². The molecule has 1 heterocycles. The van der Waals surface area contributed by atoms with Gasteiger partial charge in [-0.2, -0.15) is 0 Å². The van der Waals surface area contributed by atoms with Gasteiger partial charge in [0.2, 0.25) is 0 Å². The van der Waals surface area contributed by atoms with Gasteiger partial charge in [0.05, 0.1) is 17.9 Å². The SMILES string of the molecule is NNC(c1ccc(F)c(F)c1)c1ccc(F)cn1. The van der Waals surface area contributed by atoms with E-state index >= 15 is 0 Å². The molecular weight excluding hydrogens is 243 g/mol. The van der Waals surface area contributed by atoms with E-state index in [2.05, 4.69) is 10.4 Å². The lowest BCUT2D eigenvalue weighted by molar-refractivity contribution is 0.503. The molecule has 2 rings (SSSR count). The van der Waals surface area contributed by atoms with Crippen LogP contribution in [0.4, 0.5) is 13.2 Å². The molecular formula is C12H10F3N3. The predicted octanol–water partition coefficient (Wildman–Crippen LogP) is 2.05. The number of nitrogens with one attached hydrogen (secondary N) is 1. The van der Waals surface area contributed by atoms with Crippen LogP contribution in [0.25, 0.3) is 0 Å². The van der Waals surface area contributed by atoms with E-state index in [-0.39, 0.29) is 0 Å². The molecule has 2 aromatic rings. The Hall–Kier alpha value is -1.92. The third kappa shape index (κ3) is 2.49. The highest BCUT2D eigenvalue weighted by molar-refractivity contribution is 5.28. The minimum atomic E-state index is -0.977. The van der Waals surface area contributed by atoms with Crippen LogP contribution in [0.15, 0.2) is 36.5 Å². The van der Waals surface area contributed by atoms with Crippen molar-refractivity contribution in [2.24, 2.45) is 5.84 Å². The fourth-order valence-corrected chi connectivity index (χ4v) is 1.60. The molecule has 0 amide bonds. The summed E-state index contributed by atoms with van der Waals surface area (Å²) in [4.78, 5) is 3.84. The summed E-state index contributed by atoms with van der Waals surface area (Å²) in [6.07, 6.45) is 1.03. The summed E-state index contributed by atoms with van der Waals surface area (Å²) in [6, 6.07) is 5.39. The van der Waals surface area contributed by atoms with Crippen LogP contribution in [0, 0.1) is 17.5 Å². The van der Waals surface area contributed by atoms with Crippen molar-refractivity contribution in [1.29, 1.82) is 0 Å². The van der Waals surface area contributed by atoms with Crippen LogP contribution >= 0.6 is 0 Å². The zero-order valence-electron chi connectivity index (χ0n) is 9.20. The molecule has 1 atom stereocenters. The zero-order chi connectivity index (χ0) is 13.1. The largest absolute Gasteiger partial charge is 0.271 e. The molecule has 0 aliphatic carbocycles. The second-order valence-electron chi connectivity index (χ2n) is 3.67. The molecule has 0 saturated carbocycles. The van der Waals surface area contributed by atoms with Gasteiger partial charge in [0.15, 0.2) is 11.6 Å². The van der Waals surface area contributed by atoms with Crippen molar-refractivity contribution in [3.8, 4) is 0 Å². The van der Waals surface area contributed by atoms with Gasteiger partial charge in [-0.3, -0.25) is 10.8 Å². The molecule has 0 aliphatic heterocycles. The number of halogens is 3. The molecule has 0 aliphatic rings. The van der Waals surface area contributed by atoms with Gasteiger partial charge in [0.25, 0.3) is 0 Å². The van der Waals surface area contributed by atoms with E-state index in [0.29, 0.717) is 11.3 Å². The number of rotatable bonds is 3. The summed E-state index contributed by atoms with van der Waals surface area (Å²) < 4.78 is 38.7. The normalized spacial score (nSPS) is 12.4. The van der Waals surface area contributed by atoms with Crippen LogP contribution in [0.3, 0.4) is 0 Å². The standard InChI is InChI=1S/C12H10F3N3/c13-8-2-4-11(17-6-8)12(18-16)7-1-3-9(14)10(15)5-7/h1-6,12,18H,16H2. The monoisotopic (exact) mass is 253 g/mol. The Morgan fingerprint density at radius 1 is 1.06 bits per heavy atom. The van der Waals surface area contributed by atoms with E-state index in [4.69, 9.17) is 5.84 Å². The molecule has 1 unspecified atom stereocenters. The van der Waals surface area contributed by atoms with Crippen molar-refractivity contribution < 1.29 is 13.2 Å². The van der Waals surface area contributed by atoms with Gasteiger partial charge in [-0.25, -0.2) is 18.6 Å². The summed E-state index contributed by atoms with van der Waals surface area (Å²) in [5.41, 5.74) is 3.23. The third-order valence-electron chi connectivity index (χ3n) is 2.49. The van der Waals surface area contributed by atoms with Crippen LogP contribution in [-0.4, -0.2) is 4.98 Å². The highest BCUT2D eigenvalue weighted by atomic mass is 19.2. The first-order valence-corrected chi connectivity index (χ1v) is 5.14. The average molecular weight is 253 g/mol. The van der Waals surface area contributed by atoms with Crippen molar-refractivity contribution >= 4 is 0 Å². The van der Waals surface area contributed by atoms with Crippen molar-refractivity contribution in [3.05, 3.63) is 65.2 Å².